The molecular weight excluding hydrogens is 308 g/mol. The van der Waals surface area contributed by atoms with E-state index >= 15 is 0 Å². The van der Waals surface area contributed by atoms with Crippen molar-refractivity contribution in [1.82, 2.24) is 5.32 Å². The van der Waals surface area contributed by atoms with Gasteiger partial charge in [-0.3, -0.25) is 14.4 Å². The van der Waals surface area contributed by atoms with Gasteiger partial charge in [-0.15, -0.1) is 0 Å². The molecular formula is C14H20N2O5S. The first-order valence-corrected chi connectivity index (χ1v) is 9.17. The van der Waals surface area contributed by atoms with Crippen LogP contribution in [0.2, 0.25) is 0 Å². The number of primary amides is 1. The van der Waals surface area contributed by atoms with Crippen LogP contribution in [0.25, 0.3) is 0 Å². The number of ketones is 1. The Morgan fingerprint density at radius 1 is 1.23 bits per heavy atom. The first-order valence-electron chi connectivity index (χ1n) is 7.35. The maximum Gasteiger partial charge on any atom is 0.246 e. The Hall–Kier alpha value is -1.70. The fourth-order valence-corrected chi connectivity index (χ4v) is 4.13. The molecule has 2 aliphatic rings. The van der Waals surface area contributed by atoms with Crippen LogP contribution in [0.5, 0.6) is 0 Å². The zero-order valence-electron chi connectivity index (χ0n) is 12.3. The van der Waals surface area contributed by atoms with Crippen molar-refractivity contribution in [1.29, 1.82) is 0 Å². The minimum atomic E-state index is -3.25. The predicted molar refractivity (Wildman–Crippen MR) is 79.2 cm³/mol. The van der Waals surface area contributed by atoms with Gasteiger partial charge in [0.2, 0.25) is 11.8 Å². The van der Waals surface area contributed by atoms with Crippen LogP contribution in [-0.4, -0.2) is 37.5 Å². The molecule has 2 rings (SSSR count). The zero-order chi connectivity index (χ0) is 16.3. The van der Waals surface area contributed by atoms with E-state index in [2.05, 4.69) is 5.32 Å². The molecule has 0 saturated heterocycles. The quantitative estimate of drug-likeness (QED) is 0.670. The molecule has 0 atom stereocenters. The number of rotatable bonds is 7. The number of Topliss-reactive ketones (excluding diaryl/α,β-unsaturated/α-hetero) is 1. The van der Waals surface area contributed by atoms with Gasteiger partial charge in [0.05, 0.1) is 17.2 Å². The highest BCUT2D eigenvalue weighted by molar-refractivity contribution is 7.91. The number of hydrogen-bond donors (Lipinski definition) is 2. The van der Waals surface area contributed by atoms with Gasteiger partial charge >= 0.3 is 0 Å². The van der Waals surface area contributed by atoms with Crippen LogP contribution in [0.4, 0.5) is 0 Å². The third-order valence-electron chi connectivity index (χ3n) is 3.80. The highest BCUT2D eigenvalue weighted by Crippen LogP contribution is 2.30. The molecule has 1 fully saturated rings. The summed E-state index contributed by atoms with van der Waals surface area (Å²) in [5.41, 5.74) is 5.25. The van der Waals surface area contributed by atoms with Gasteiger partial charge in [-0.25, -0.2) is 8.42 Å². The van der Waals surface area contributed by atoms with Gasteiger partial charge in [-0.1, -0.05) is 0 Å². The molecule has 3 N–H and O–H groups in total. The summed E-state index contributed by atoms with van der Waals surface area (Å²) in [6.45, 7) is 0. The lowest BCUT2D eigenvalue weighted by Crippen LogP contribution is -2.34. The van der Waals surface area contributed by atoms with E-state index in [0.29, 0.717) is 12.8 Å². The zero-order valence-corrected chi connectivity index (χ0v) is 13.1. The summed E-state index contributed by atoms with van der Waals surface area (Å²) in [7, 11) is -3.25. The van der Waals surface area contributed by atoms with Gasteiger partial charge in [0.25, 0.3) is 0 Å². The highest BCUT2D eigenvalue weighted by Gasteiger charge is 2.29. The third-order valence-corrected chi connectivity index (χ3v) is 5.61. The van der Waals surface area contributed by atoms with Crippen LogP contribution in [0, 0.1) is 5.92 Å². The first kappa shape index (κ1) is 16.7. The van der Waals surface area contributed by atoms with Crippen molar-refractivity contribution in [3.05, 3.63) is 11.3 Å². The average Bonchev–Trinajstić information content (AvgIpc) is 3.22. The van der Waals surface area contributed by atoms with Crippen molar-refractivity contribution in [3.63, 3.8) is 0 Å². The number of nitrogens with two attached hydrogens (primary N) is 1. The van der Waals surface area contributed by atoms with E-state index in [1.165, 1.54) is 0 Å². The number of hydrogen-bond acceptors (Lipinski definition) is 5. The van der Waals surface area contributed by atoms with Crippen molar-refractivity contribution >= 4 is 27.4 Å². The molecule has 0 heterocycles. The molecule has 1 saturated carbocycles. The van der Waals surface area contributed by atoms with Gasteiger partial charge in [0, 0.05) is 18.4 Å². The lowest BCUT2D eigenvalue weighted by atomic mass is 9.94. The van der Waals surface area contributed by atoms with Crippen molar-refractivity contribution in [2.75, 3.05) is 11.5 Å². The Balaban J connectivity index is 1.95. The minimum absolute atomic E-state index is 0.0664. The number of amides is 2. The minimum Gasteiger partial charge on any atom is -0.366 e. The normalized spacial score (nSPS) is 19.2. The smallest absolute Gasteiger partial charge is 0.246 e. The average molecular weight is 328 g/mol. The van der Waals surface area contributed by atoms with Gasteiger partial charge in [-0.05, 0) is 31.6 Å². The fourth-order valence-electron chi connectivity index (χ4n) is 2.41. The Morgan fingerprint density at radius 3 is 2.50 bits per heavy atom. The predicted octanol–water partition coefficient (Wildman–Crippen LogP) is -0.190. The number of nitrogens with one attached hydrogen (secondary N) is 1. The molecule has 2 amide bonds. The van der Waals surface area contributed by atoms with Crippen molar-refractivity contribution in [3.8, 4) is 0 Å². The second-order valence-corrected chi connectivity index (χ2v) is 8.08. The standard InChI is InChI=1S/C14H20N2O5S/c15-14(19)10-2-1-3-11(17)13(10)16-12(18)6-7-22(20,21)8-9-4-5-9/h9H,1-8H2,(H2,15,19)(H,16,18). The van der Waals surface area contributed by atoms with E-state index in [1.54, 1.807) is 0 Å². The summed E-state index contributed by atoms with van der Waals surface area (Å²) in [5.74, 6) is -1.54. The largest absolute Gasteiger partial charge is 0.366 e. The summed E-state index contributed by atoms with van der Waals surface area (Å²) in [5, 5.41) is 2.37. The fraction of sp³-hybridized carbons (Fsp3) is 0.643. The van der Waals surface area contributed by atoms with Gasteiger partial charge in [0.1, 0.15) is 0 Å². The summed E-state index contributed by atoms with van der Waals surface area (Å²) in [6, 6.07) is 0. The highest BCUT2D eigenvalue weighted by atomic mass is 32.2. The van der Waals surface area contributed by atoms with Crippen LogP contribution in [0.1, 0.15) is 38.5 Å². The van der Waals surface area contributed by atoms with Gasteiger partial charge in [-0.2, -0.15) is 0 Å². The second-order valence-electron chi connectivity index (χ2n) is 5.85. The topological polar surface area (TPSA) is 123 Å². The summed E-state index contributed by atoms with van der Waals surface area (Å²) in [6.07, 6.45) is 2.73. The molecule has 0 spiro atoms. The van der Waals surface area contributed by atoms with Crippen molar-refractivity contribution in [2.45, 2.75) is 38.5 Å². The summed E-state index contributed by atoms with van der Waals surface area (Å²) < 4.78 is 23.6. The van der Waals surface area contributed by atoms with Crippen molar-refractivity contribution < 1.29 is 22.8 Å². The molecule has 22 heavy (non-hydrogen) atoms. The van der Waals surface area contributed by atoms with Crippen LogP contribution >= 0.6 is 0 Å². The number of allylic oxidation sites excluding steroid dienone is 1. The molecule has 122 valence electrons. The van der Waals surface area contributed by atoms with E-state index in [9.17, 15) is 22.8 Å². The molecule has 0 aliphatic heterocycles. The van der Waals surface area contributed by atoms with E-state index in [-0.39, 0.29) is 47.3 Å². The molecule has 0 aromatic rings. The molecule has 0 unspecified atom stereocenters. The van der Waals surface area contributed by atoms with Gasteiger partial charge in [0.15, 0.2) is 15.6 Å². The lowest BCUT2D eigenvalue weighted by Gasteiger charge is -2.17. The Bertz CT molecular complexity index is 632. The van der Waals surface area contributed by atoms with E-state index in [0.717, 1.165) is 12.8 Å². The maximum atomic E-state index is 11.9. The van der Waals surface area contributed by atoms with E-state index < -0.39 is 21.7 Å². The molecule has 8 heteroatoms. The molecule has 0 aromatic heterocycles. The van der Waals surface area contributed by atoms with E-state index in [1.807, 2.05) is 0 Å². The first-order chi connectivity index (χ1) is 10.3. The van der Waals surface area contributed by atoms with Crippen LogP contribution in [-0.2, 0) is 24.2 Å². The monoisotopic (exact) mass is 328 g/mol. The van der Waals surface area contributed by atoms with E-state index in [4.69, 9.17) is 5.73 Å². The van der Waals surface area contributed by atoms with Crippen LogP contribution in [0.15, 0.2) is 11.3 Å². The van der Waals surface area contributed by atoms with Crippen LogP contribution in [0.3, 0.4) is 0 Å². The van der Waals surface area contributed by atoms with Crippen LogP contribution < -0.4 is 11.1 Å². The molecule has 0 radical (unpaired) electrons. The molecule has 0 bridgehead atoms. The maximum absolute atomic E-state index is 11.9. The Kier molecular flexibility index (Phi) is 5.00. The second kappa shape index (κ2) is 6.60. The lowest BCUT2D eigenvalue weighted by molar-refractivity contribution is -0.123. The van der Waals surface area contributed by atoms with Crippen molar-refractivity contribution in [2.24, 2.45) is 11.7 Å². The third kappa shape index (κ3) is 4.66. The Labute approximate surface area is 129 Å². The SMILES string of the molecule is NC(=O)C1=C(NC(=O)CCS(=O)(=O)CC2CC2)C(=O)CCC1. The number of carbonyl (C=O) groups excluding carboxylic acids is 3. The number of carbonyl (C=O) groups is 3. The molecule has 0 aromatic carbocycles. The number of sulfone groups is 1. The Morgan fingerprint density at radius 2 is 1.91 bits per heavy atom. The molecule has 7 nitrogen and oxygen atoms in total. The summed E-state index contributed by atoms with van der Waals surface area (Å²) >= 11 is 0. The molecule has 2 aliphatic carbocycles. The van der Waals surface area contributed by atoms with Gasteiger partial charge < -0.3 is 11.1 Å². The summed E-state index contributed by atoms with van der Waals surface area (Å²) in [4.78, 5) is 35.0.